The largest absolute Gasteiger partial charge is 0.372 e. The average Bonchev–Trinajstić information content (AvgIpc) is 3.34. The van der Waals surface area contributed by atoms with Gasteiger partial charge >= 0.3 is 0 Å². The van der Waals surface area contributed by atoms with Crippen LogP contribution in [0, 0.1) is 19.8 Å². The van der Waals surface area contributed by atoms with Gasteiger partial charge in [-0.1, -0.05) is 6.58 Å². The van der Waals surface area contributed by atoms with Gasteiger partial charge in [0, 0.05) is 37.6 Å². The Morgan fingerprint density at radius 2 is 2.00 bits per heavy atom. The average molecular weight is 344 g/mol. The van der Waals surface area contributed by atoms with Crippen LogP contribution in [0.4, 0.5) is 0 Å². The van der Waals surface area contributed by atoms with Crippen LogP contribution in [0.5, 0.6) is 0 Å². The minimum Gasteiger partial charge on any atom is -0.372 e. The first-order valence-corrected chi connectivity index (χ1v) is 9.44. The lowest BCUT2D eigenvalue weighted by molar-refractivity contribution is 0.128. The number of allylic oxidation sites excluding steroid dienone is 1. The van der Waals surface area contributed by atoms with Gasteiger partial charge in [-0.25, -0.2) is 8.94 Å². The summed E-state index contributed by atoms with van der Waals surface area (Å²) < 4.78 is 1.86. The van der Waals surface area contributed by atoms with Gasteiger partial charge in [-0.05, 0) is 55.8 Å². The van der Waals surface area contributed by atoms with Crippen LogP contribution in [-0.2, 0) is 6.67 Å². The highest BCUT2D eigenvalue weighted by atomic mass is 32.1. The van der Waals surface area contributed by atoms with E-state index in [-0.39, 0.29) is 5.56 Å². The van der Waals surface area contributed by atoms with Crippen molar-refractivity contribution in [3.63, 3.8) is 0 Å². The second kappa shape index (κ2) is 6.01. The number of rotatable bonds is 4. The summed E-state index contributed by atoms with van der Waals surface area (Å²) in [7, 11) is 0. The quantitative estimate of drug-likeness (QED) is 0.855. The lowest BCUT2D eigenvalue weighted by Crippen LogP contribution is -2.46. The van der Waals surface area contributed by atoms with Crippen molar-refractivity contribution in [2.24, 2.45) is 5.92 Å². The van der Waals surface area contributed by atoms with Crippen LogP contribution in [0.2, 0.25) is 0 Å². The lowest BCUT2D eigenvalue weighted by Gasteiger charge is -2.37. The van der Waals surface area contributed by atoms with E-state index in [1.165, 1.54) is 30.1 Å². The number of hydrogen-bond donors (Lipinski definition) is 0. The van der Waals surface area contributed by atoms with E-state index in [2.05, 4.69) is 21.4 Å². The molecule has 128 valence electrons. The molecule has 0 radical (unpaired) electrons. The molecule has 1 saturated carbocycles. The second-order valence-electron chi connectivity index (χ2n) is 7.05. The molecule has 0 N–H and O–H groups in total. The van der Waals surface area contributed by atoms with Crippen molar-refractivity contribution in [2.45, 2.75) is 33.4 Å². The molecule has 6 heteroatoms. The SMILES string of the molecule is C=C(C1CC1)N1CCN(Cn2sc3nc(C)cc(C)c3c2=O)CC1. The summed E-state index contributed by atoms with van der Waals surface area (Å²) in [6.07, 6.45) is 2.62. The van der Waals surface area contributed by atoms with Crippen molar-refractivity contribution in [3.05, 3.63) is 40.0 Å². The van der Waals surface area contributed by atoms with Gasteiger partial charge in [0.2, 0.25) is 0 Å². The first-order valence-electron chi connectivity index (χ1n) is 8.67. The molecule has 2 fully saturated rings. The van der Waals surface area contributed by atoms with Gasteiger partial charge in [-0.3, -0.25) is 9.69 Å². The maximum atomic E-state index is 12.7. The predicted octanol–water partition coefficient (Wildman–Crippen LogP) is 2.57. The Balaban J connectivity index is 1.47. The van der Waals surface area contributed by atoms with Crippen molar-refractivity contribution < 1.29 is 0 Å². The molecule has 0 bridgehead atoms. The number of aryl methyl sites for hydroxylation is 2. The highest BCUT2D eigenvalue weighted by Gasteiger charge is 2.30. The minimum absolute atomic E-state index is 0.102. The van der Waals surface area contributed by atoms with Gasteiger partial charge in [0.15, 0.2) is 0 Å². The van der Waals surface area contributed by atoms with Gasteiger partial charge in [0.25, 0.3) is 5.56 Å². The molecule has 0 amide bonds. The molecule has 1 saturated heterocycles. The van der Waals surface area contributed by atoms with Gasteiger partial charge in [-0.2, -0.15) is 0 Å². The highest BCUT2D eigenvalue weighted by molar-refractivity contribution is 7.13. The number of piperazine rings is 1. The molecule has 5 nitrogen and oxygen atoms in total. The summed E-state index contributed by atoms with van der Waals surface area (Å²) in [6.45, 7) is 12.9. The van der Waals surface area contributed by atoms with Gasteiger partial charge in [0.05, 0.1) is 12.1 Å². The normalized spacial score (nSPS) is 19.2. The molecular formula is C18H24N4OS. The smallest absolute Gasteiger partial charge is 0.271 e. The molecule has 3 heterocycles. The zero-order valence-electron chi connectivity index (χ0n) is 14.4. The van der Waals surface area contributed by atoms with Crippen LogP contribution in [0.25, 0.3) is 10.2 Å². The molecule has 0 aromatic carbocycles. The van der Waals surface area contributed by atoms with Crippen LogP contribution in [0.1, 0.15) is 24.1 Å². The van der Waals surface area contributed by atoms with Crippen LogP contribution in [0.15, 0.2) is 23.1 Å². The Morgan fingerprint density at radius 1 is 1.29 bits per heavy atom. The summed E-state index contributed by atoms with van der Waals surface area (Å²) in [4.78, 5) is 22.9. The van der Waals surface area contributed by atoms with E-state index >= 15 is 0 Å². The van der Waals surface area contributed by atoms with Gasteiger partial charge in [-0.15, -0.1) is 0 Å². The molecule has 1 aliphatic carbocycles. The summed E-state index contributed by atoms with van der Waals surface area (Å²) in [5.74, 6) is 0.735. The monoisotopic (exact) mass is 344 g/mol. The summed E-state index contributed by atoms with van der Waals surface area (Å²) in [5.41, 5.74) is 3.43. The van der Waals surface area contributed by atoms with Crippen LogP contribution < -0.4 is 5.56 Å². The zero-order chi connectivity index (χ0) is 16.8. The first-order chi connectivity index (χ1) is 11.5. The third-order valence-electron chi connectivity index (χ3n) is 5.10. The Bertz CT molecular complexity index is 841. The van der Waals surface area contributed by atoms with Crippen molar-refractivity contribution in [1.29, 1.82) is 0 Å². The van der Waals surface area contributed by atoms with Crippen molar-refractivity contribution in [2.75, 3.05) is 26.2 Å². The summed E-state index contributed by atoms with van der Waals surface area (Å²) in [5, 5.41) is 0.784. The van der Waals surface area contributed by atoms with Crippen LogP contribution >= 0.6 is 11.5 Å². The molecule has 2 aliphatic rings. The van der Waals surface area contributed by atoms with E-state index in [0.29, 0.717) is 6.67 Å². The number of nitrogens with zero attached hydrogens (tertiary/aromatic N) is 4. The molecule has 2 aromatic rings. The van der Waals surface area contributed by atoms with Crippen LogP contribution in [-0.4, -0.2) is 44.9 Å². The van der Waals surface area contributed by atoms with Gasteiger partial charge in [0.1, 0.15) is 4.83 Å². The number of hydrogen-bond acceptors (Lipinski definition) is 5. The maximum absolute atomic E-state index is 12.7. The van der Waals surface area contributed by atoms with Crippen molar-refractivity contribution in [3.8, 4) is 0 Å². The summed E-state index contributed by atoms with van der Waals surface area (Å²) >= 11 is 1.49. The van der Waals surface area contributed by atoms with Gasteiger partial charge < -0.3 is 4.90 Å². The third kappa shape index (κ3) is 2.89. The fourth-order valence-corrected chi connectivity index (χ4v) is 4.65. The Labute approximate surface area is 146 Å². The predicted molar refractivity (Wildman–Crippen MR) is 98.4 cm³/mol. The molecule has 1 aliphatic heterocycles. The number of fused-ring (bicyclic) bond motifs is 1. The highest BCUT2D eigenvalue weighted by Crippen LogP contribution is 2.37. The van der Waals surface area contributed by atoms with E-state index < -0.39 is 0 Å². The third-order valence-corrected chi connectivity index (χ3v) is 6.07. The van der Waals surface area contributed by atoms with E-state index in [4.69, 9.17) is 0 Å². The van der Waals surface area contributed by atoms with E-state index in [0.717, 1.165) is 53.6 Å². The molecule has 0 atom stereocenters. The summed E-state index contributed by atoms with van der Waals surface area (Å²) in [6, 6.07) is 1.99. The molecule has 0 spiro atoms. The molecule has 2 aromatic heterocycles. The zero-order valence-corrected chi connectivity index (χ0v) is 15.2. The second-order valence-corrected chi connectivity index (χ2v) is 8.06. The van der Waals surface area contributed by atoms with Crippen molar-refractivity contribution in [1.82, 2.24) is 18.7 Å². The first kappa shape index (κ1) is 15.8. The van der Waals surface area contributed by atoms with Crippen molar-refractivity contribution >= 4 is 21.7 Å². The topological polar surface area (TPSA) is 41.4 Å². The molecular weight excluding hydrogens is 320 g/mol. The standard InChI is InChI=1S/C18H24N4OS/c1-12-10-13(2)19-17-16(12)18(23)22(24-17)11-20-6-8-21(9-7-20)14(3)15-4-5-15/h10,15H,3-9,11H2,1-2H3. The van der Waals surface area contributed by atoms with E-state index in [9.17, 15) is 4.79 Å². The molecule has 0 unspecified atom stereocenters. The fourth-order valence-electron chi connectivity index (χ4n) is 3.53. The maximum Gasteiger partial charge on any atom is 0.271 e. The Kier molecular flexibility index (Phi) is 3.96. The number of aromatic nitrogens is 2. The molecule has 4 rings (SSSR count). The van der Waals surface area contributed by atoms with E-state index in [1.54, 1.807) is 0 Å². The Hall–Kier alpha value is -1.66. The van der Waals surface area contributed by atoms with Crippen LogP contribution in [0.3, 0.4) is 0 Å². The fraction of sp³-hybridized carbons (Fsp3) is 0.556. The lowest BCUT2D eigenvalue weighted by atomic mass is 10.2. The molecule has 24 heavy (non-hydrogen) atoms. The van der Waals surface area contributed by atoms with E-state index in [1.807, 2.05) is 23.9 Å². The Morgan fingerprint density at radius 3 is 2.67 bits per heavy atom. The minimum atomic E-state index is 0.102. The number of pyridine rings is 1.